The number of thiophene rings is 1. The topological polar surface area (TPSA) is 26.0 Å². The maximum Gasteiger partial charge on any atom is 0.0417 e. The van der Waals surface area contributed by atoms with Crippen LogP contribution < -0.4 is 5.73 Å². The third kappa shape index (κ3) is 3.80. The molecule has 3 rings (SSSR count). The van der Waals surface area contributed by atoms with Gasteiger partial charge in [-0.3, -0.25) is 0 Å². The molecule has 1 atom stereocenters. The maximum absolute atomic E-state index is 6.29. The van der Waals surface area contributed by atoms with Crippen LogP contribution in [0.5, 0.6) is 0 Å². The molecule has 0 spiro atoms. The number of halogens is 1. The van der Waals surface area contributed by atoms with Gasteiger partial charge in [0.2, 0.25) is 0 Å². The molecule has 21 heavy (non-hydrogen) atoms. The van der Waals surface area contributed by atoms with E-state index in [1.54, 1.807) is 23.1 Å². The second-order valence-electron chi connectivity index (χ2n) is 4.99. The van der Waals surface area contributed by atoms with E-state index < -0.39 is 0 Å². The molecule has 3 aromatic rings. The third-order valence-electron chi connectivity index (χ3n) is 3.30. The van der Waals surface area contributed by atoms with Crippen LogP contribution in [0.1, 0.15) is 5.56 Å². The Morgan fingerprint density at radius 2 is 2.00 bits per heavy atom. The number of hydrogen-bond acceptors (Lipinski definition) is 3. The molecule has 2 N–H and O–H groups in total. The van der Waals surface area contributed by atoms with Gasteiger partial charge in [0.05, 0.1) is 0 Å². The van der Waals surface area contributed by atoms with Gasteiger partial charge in [0.25, 0.3) is 0 Å². The van der Waals surface area contributed by atoms with Gasteiger partial charge in [-0.15, -0.1) is 23.1 Å². The Labute approximate surface area is 138 Å². The summed E-state index contributed by atoms with van der Waals surface area (Å²) in [5.41, 5.74) is 7.65. The molecular formula is C17H16ClNS2. The van der Waals surface area contributed by atoms with Crippen molar-refractivity contribution in [1.82, 2.24) is 0 Å². The van der Waals surface area contributed by atoms with Crippen LogP contribution in [0, 0.1) is 0 Å². The Kier molecular flexibility index (Phi) is 4.86. The van der Waals surface area contributed by atoms with E-state index in [1.165, 1.54) is 20.5 Å². The lowest BCUT2D eigenvalue weighted by Crippen LogP contribution is -2.25. The quantitative estimate of drug-likeness (QED) is 0.648. The summed E-state index contributed by atoms with van der Waals surface area (Å²) in [6.07, 6.45) is 0.914. The van der Waals surface area contributed by atoms with Crippen molar-refractivity contribution in [2.75, 3.05) is 5.75 Å². The fourth-order valence-electron chi connectivity index (χ4n) is 2.29. The molecule has 0 saturated heterocycles. The predicted molar refractivity (Wildman–Crippen MR) is 95.7 cm³/mol. The number of rotatable bonds is 5. The molecule has 4 heteroatoms. The number of hydrogen-bond donors (Lipinski definition) is 1. The summed E-state index contributed by atoms with van der Waals surface area (Å²) in [5, 5.41) is 4.34. The highest BCUT2D eigenvalue weighted by atomic mass is 35.5. The van der Waals surface area contributed by atoms with E-state index in [0.717, 1.165) is 17.2 Å². The Bertz CT molecular complexity index is 738. The Morgan fingerprint density at radius 3 is 2.86 bits per heavy atom. The first kappa shape index (κ1) is 14.9. The predicted octanol–water partition coefficient (Wildman–Crippen LogP) is 5.22. The standard InChI is InChI=1S/C17H16ClNS2/c18-13-4-3-5-15(9-13)20-11-14(19)8-12-10-21-17-7-2-1-6-16(12)17/h1-7,9-10,14H,8,11,19H2. The summed E-state index contributed by atoms with van der Waals surface area (Å²) in [6, 6.07) is 16.6. The van der Waals surface area contributed by atoms with Crippen molar-refractivity contribution in [2.45, 2.75) is 17.4 Å². The fraction of sp³-hybridized carbons (Fsp3) is 0.176. The van der Waals surface area contributed by atoms with E-state index in [9.17, 15) is 0 Å². The van der Waals surface area contributed by atoms with Crippen LogP contribution in [0.25, 0.3) is 10.1 Å². The zero-order chi connectivity index (χ0) is 14.7. The molecule has 2 aromatic carbocycles. The van der Waals surface area contributed by atoms with Gasteiger partial charge >= 0.3 is 0 Å². The van der Waals surface area contributed by atoms with E-state index in [1.807, 2.05) is 18.2 Å². The first-order valence-corrected chi connectivity index (χ1v) is 9.06. The van der Waals surface area contributed by atoms with Crippen molar-refractivity contribution in [2.24, 2.45) is 5.73 Å². The molecule has 0 aliphatic heterocycles. The molecule has 108 valence electrons. The summed E-state index contributed by atoms with van der Waals surface area (Å²) in [7, 11) is 0. The first-order chi connectivity index (χ1) is 10.2. The summed E-state index contributed by atoms with van der Waals surface area (Å²) >= 11 is 9.55. The van der Waals surface area contributed by atoms with Crippen molar-refractivity contribution in [3.8, 4) is 0 Å². The molecular weight excluding hydrogens is 318 g/mol. The smallest absolute Gasteiger partial charge is 0.0417 e. The summed E-state index contributed by atoms with van der Waals surface area (Å²) in [4.78, 5) is 1.17. The van der Waals surface area contributed by atoms with Gasteiger partial charge in [-0.25, -0.2) is 0 Å². The van der Waals surface area contributed by atoms with Gasteiger partial charge < -0.3 is 5.73 Å². The fourth-order valence-corrected chi connectivity index (χ4v) is 4.43. The van der Waals surface area contributed by atoms with Gasteiger partial charge in [0, 0.05) is 26.4 Å². The van der Waals surface area contributed by atoms with Gasteiger partial charge in [0.1, 0.15) is 0 Å². The Hall–Kier alpha value is -1.00. The molecule has 0 radical (unpaired) electrons. The lowest BCUT2D eigenvalue weighted by molar-refractivity contribution is 0.754. The zero-order valence-corrected chi connectivity index (χ0v) is 13.8. The van der Waals surface area contributed by atoms with Crippen LogP contribution in [0.3, 0.4) is 0 Å². The van der Waals surface area contributed by atoms with Crippen molar-refractivity contribution in [1.29, 1.82) is 0 Å². The van der Waals surface area contributed by atoms with Crippen molar-refractivity contribution in [3.05, 3.63) is 64.5 Å². The number of thioether (sulfide) groups is 1. The van der Waals surface area contributed by atoms with E-state index in [-0.39, 0.29) is 6.04 Å². The minimum atomic E-state index is 0.145. The lowest BCUT2D eigenvalue weighted by atomic mass is 10.1. The molecule has 0 aliphatic carbocycles. The van der Waals surface area contributed by atoms with Gasteiger partial charge in [0.15, 0.2) is 0 Å². The average Bonchev–Trinajstić information content (AvgIpc) is 2.89. The third-order valence-corrected chi connectivity index (χ3v) is 5.73. The largest absolute Gasteiger partial charge is 0.327 e. The van der Waals surface area contributed by atoms with Crippen LogP contribution in [-0.2, 0) is 6.42 Å². The Morgan fingerprint density at radius 1 is 1.14 bits per heavy atom. The van der Waals surface area contributed by atoms with Crippen LogP contribution in [0.2, 0.25) is 5.02 Å². The molecule has 0 saturated carbocycles. The molecule has 1 aromatic heterocycles. The second-order valence-corrected chi connectivity index (χ2v) is 7.43. The minimum absolute atomic E-state index is 0.145. The van der Waals surface area contributed by atoms with E-state index in [4.69, 9.17) is 17.3 Å². The monoisotopic (exact) mass is 333 g/mol. The van der Waals surface area contributed by atoms with E-state index in [0.29, 0.717) is 0 Å². The average molecular weight is 334 g/mol. The van der Waals surface area contributed by atoms with E-state index in [2.05, 4.69) is 35.7 Å². The van der Waals surface area contributed by atoms with Gasteiger partial charge in [-0.2, -0.15) is 0 Å². The van der Waals surface area contributed by atoms with Crippen molar-refractivity contribution in [3.63, 3.8) is 0 Å². The van der Waals surface area contributed by atoms with Crippen LogP contribution in [0.15, 0.2) is 58.8 Å². The highest BCUT2D eigenvalue weighted by molar-refractivity contribution is 7.99. The SMILES string of the molecule is NC(CSc1cccc(Cl)c1)Cc1csc2ccccc12. The van der Waals surface area contributed by atoms with Gasteiger partial charge in [-0.05, 0) is 47.0 Å². The second kappa shape index (κ2) is 6.84. The molecule has 0 fully saturated rings. The van der Waals surface area contributed by atoms with Crippen LogP contribution >= 0.6 is 34.7 Å². The summed E-state index contributed by atoms with van der Waals surface area (Å²) in [5.74, 6) is 0.893. The minimum Gasteiger partial charge on any atom is -0.327 e. The molecule has 0 amide bonds. The summed E-state index contributed by atoms with van der Waals surface area (Å²) < 4.78 is 1.34. The summed E-state index contributed by atoms with van der Waals surface area (Å²) in [6.45, 7) is 0. The molecule has 0 aliphatic rings. The Balaban J connectivity index is 1.62. The van der Waals surface area contributed by atoms with Crippen molar-refractivity contribution < 1.29 is 0 Å². The first-order valence-electron chi connectivity index (χ1n) is 6.81. The molecule has 1 unspecified atom stereocenters. The highest BCUT2D eigenvalue weighted by Gasteiger charge is 2.09. The number of nitrogens with two attached hydrogens (primary N) is 1. The van der Waals surface area contributed by atoms with E-state index >= 15 is 0 Å². The number of benzene rings is 2. The molecule has 1 heterocycles. The normalized spacial score (nSPS) is 12.7. The number of fused-ring (bicyclic) bond motifs is 1. The van der Waals surface area contributed by atoms with Crippen LogP contribution in [0.4, 0.5) is 0 Å². The lowest BCUT2D eigenvalue weighted by Gasteiger charge is -2.11. The van der Waals surface area contributed by atoms with Crippen LogP contribution in [-0.4, -0.2) is 11.8 Å². The van der Waals surface area contributed by atoms with Gasteiger partial charge in [-0.1, -0.05) is 35.9 Å². The maximum atomic E-state index is 6.29. The van der Waals surface area contributed by atoms with Crippen molar-refractivity contribution >= 4 is 44.8 Å². The zero-order valence-electron chi connectivity index (χ0n) is 11.5. The molecule has 1 nitrogen and oxygen atoms in total. The molecule has 0 bridgehead atoms. The highest BCUT2D eigenvalue weighted by Crippen LogP contribution is 2.27.